The van der Waals surface area contributed by atoms with E-state index < -0.39 is 0 Å². The Kier molecular flexibility index (Phi) is 2.06. The molecule has 0 aliphatic carbocycles. The van der Waals surface area contributed by atoms with Crippen LogP contribution < -0.4 is 4.90 Å². The van der Waals surface area contributed by atoms with E-state index in [1.807, 2.05) is 12.4 Å². The number of imidazole rings is 1. The second-order valence-electron chi connectivity index (χ2n) is 3.35. The molecule has 0 saturated heterocycles. The largest absolute Gasteiger partial charge is 0.337 e. The minimum atomic E-state index is 0.721. The Morgan fingerprint density at radius 1 is 1.47 bits per heavy atom. The van der Waals surface area contributed by atoms with Gasteiger partial charge in [0.15, 0.2) is 3.95 Å². The molecule has 5 nitrogen and oxygen atoms in total. The van der Waals surface area contributed by atoms with Crippen molar-refractivity contribution in [1.82, 2.24) is 19.7 Å². The van der Waals surface area contributed by atoms with Crippen LogP contribution in [0.3, 0.4) is 0 Å². The van der Waals surface area contributed by atoms with Gasteiger partial charge in [0.1, 0.15) is 5.82 Å². The van der Waals surface area contributed by atoms with Crippen LogP contribution in [0, 0.1) is 3.95 Å². The quantitative estimate of drug-likeness (QED) is 0.765. The van der Waals surface area contributed by atoms with Gasteiger partial charge < -0.3 is 9.47 Å². The lowest BCUT2D eigenvalue weighted by Crippen LogP contribution is -2.33. The average molecular weight is 239 g/mol. The van der Waals surface area contributed by atoms with Crippen LogP contribution in [0.4, 0.5) is 5.13 Å². The molecule has 0 atom stereocenters. The van der Waals surface area contributed by atoms with Crippen LogP contribution >= 0.6 is 23.6 Å². The normalized spacial score (nSPS) is 15.3. The number of fused-ring (bicyclic) bond motifs is 1. The Morgan fingerprint density at radius 3 is 3.20 bits per heavy atom. The number of H-pyrrole nitrogens is 1. The van der Waals surface area contributed by atoms with Gasteiger partial charge in [-0.15, -0.1) is 5.10 Å². The maximum atomic E-state index is 5.02. The molecule has 0 aromatic carbocycles. The smallest absolute Gasteiger partial charge is 0.207 e. The van der Waals surface area contributed by atoms with Crippen molar-refractivity contribution in [1.29, 1.82) is 0 Å². The number of aromatic nitrogens is 4. The molecular formula is C8H9N5S2. The number of hydrogen-bond acceptors (Lipinski definition) is 5. The molecular weight excluding hydrogens is 230 g/mol. The zero-order valence-corrected chi connectivity index (χ0v) is 9.51. The van der Waals surface area contributed by atoms with E-state index in [0.717, 1.165) is 34.5 Å². The van der Waals surface area contributed by atoms with Gasteiger partial charge in [0.05, 0.1) is 6.54 Å². The summed E-state index contributed by atoms with van der Waals surface area (Å²) in [6, 6.07) is 0. The highest BCUT2D eigenvalue weighted by Gasteiger charge is 2.18. The van der Waals surface area contributed by atoms with Crippen molar-refractivity contribution in [3.8, 4) is 0 Å². The fourth-order valence-corrected chi connectivity index (χ4v) is 2.60. The van der Waals surface area contributed by atoms with E-state index in [2.05, 4.69) is 24.6 Å². The van der Waals surface area contributed by atoms with E-state index in [0.29, 0.717) is 0 Å². The van der Waals surface area contributed by atoms with E-state index in [-0.39, 0.29) is 0 Å². The van der Waals surface area contributed by atoms with Crippen LogP contribution in [0.2, 0.25) is 0 Å². The van der Waals surface area contributed by atoms with Crippen LogP contribution in [-0.4, -0.2) is 26.3 Å². The molecule has 15 heavy (non-hydrogen) atoms. The summed E-state index contributed by atoms with van der Waals surface area (Å²) in [6.07, 6.45) is 3.85. The summed E-state index contributed by atoms with van der Waals surface area (Å²) in [5, 5.41) is 7.93. The monoisotopic (exact) mass is 239 g/mol. The predicted octanol–water partition coefficient (Wildman–Crippen LogP) is 1.42. The first-order valence-electron chi connectivity index (χ1n) is 4.63. The van der Waals surface area contributed by atoms with Crippen molar-refractivity contribution in [2.45, 2.75) is 13.1 Å². The molecule has 0 fully saturated rings. The fourth-order valence-electron chi connectivity index (χ4n) is 1.69. The Bertz CT molecular complexity index is 525. The highest BCUT2D eigenvalue weighted by molar-refractivity contribution is 7.73. The molecule has 7 heteroatoms. The number of nitrogens with zero attached hydrogens (tertiary/aromatic N) is 4. The van der Waals surface area contributed by atoms with Gasteiger partial charge in [-0.2, -0.15) is 0 Å². The summed E-state index contributed by atoms with van der Waals surface area (Å²) >= 11 is 6.52. The van der Waals surface area contributed by atoms with E-state index in [1.54, 1.807) is 0 Å². The lowest BCUT2D eigenvalue weighted by Gasteiger charge is -2.26. The number of rotatable bonds is 1. The SMILES string of the molecule is S=c1[nH]nc(N2CCn3ccnc3C2)s1. The summed E-state index contributed by atoms with van der Waals surface area (Å²) in [4.78, 5) is 6.49. The van der Waals surface area contributed by atoms with Gasteiger partial charge in [0, 0.05) is 25.5 Å². The molecule has 78 valence electrons. The molecule has 1 aliphatic heterocycles. The maximum Gasteiger partial charge on any atom is 0.207 e. The predicted molar refractivity (Wildman–Crippen MR) is 60.6 cm³/mol. The van der Waals surface area contributed by atoms with Crippen molar-refractivity contribution in [2.24, 2.45) is 0 Å². The highest BCUT2D eigenvalue weighted by atomic mass is 32.1. The van der Waals surface area contributed by atoms with Crippen molar-refractivity contribution >= 4 is 28.7 Å². The number of anilines is 1. The van der Waals surface area contributed by atoms with Gasteiger partial charge in [-0.1, -0.05) is 11.3 Å². The van der Waals surface area contributed by atoms with Crippen LogP contribution in [0.15, 0.2) is 12.4 Å². The van der Waals surface area contributed by atoms with Crippen molar-refractivity contribution in [3.63, 3.8) is 0 Å². The molecule has 0 unspecified atom stereocenters. The van der Waals surface area contributed by atoms with E-state index in [4.69, 9.17) is 12.2 Å². The molecule has 2 aromatic rings. The summed E-state index contributed by atoms with van der Waals surface area (Å²) in [5.41, 5.74) is 0. The van der Waals surface area contributed by atoms with Gasteiger partial charge in [0.25, 0.3) is 0 Å². The molecule has 0 saturated carbocycles. The standard InChI is InChI=1S/C8H9N5S2/c14-8-11-10-7(15-8)13-4-3-12-2-1-9-6(12)5-13/h1-2H,3-5H2,(H,11,14). The summed E-state index contributed by atoms with van der Waals surface area (Å²) < 4.78 is 2.89. The highest BCUT2D eigenvalue weighted by Crippen LogP contribution is 2.21. The molecule has 3 heterocycles. The Labute approximate surface area is 95.4 Å². The molecule has 0 bridgehead atoms. The Balaban J connectivity index is 1.90. The average Bonchev–Trinajstić information content (AvgIpc) is 2.84. The first-order chi connectivity index (χ1) is 7.33. The third-order valence-corrected chi connectivity index (χ3v) is 3.59. The summed E-state index contributed by atoms with van der Waals surface area (Å²) in [5.74, 6) is 1.09. The van der Waals surface area contributed by atoms with Crippen LogP contribution in [-0.2, 0) is 13.1 Å². The van der Waals surface area contributed by atoms with E-state index in [9.17, 15) is 0 Å². The minimum Gasteiger partial charge on any atom is -0.337 e. The first-order valence-corrected chi connectivity index (χ1v) is 5.86. The molecule has 0 amide bonds. The lowest BCUT2D eigenvalue weighted by molar-refractivity contribution is 0.558. The Hall–Kier alpha value is -1.21. The summed E-state index contributed by atoms with van der Waals surface area (Å²) in [7, 11) is 0. The fraction of sp³-hybridized carbons (Fsp3) is 0.375. The summed E-state index contributed by atoms with van der Waals surface area (Å²) in [6.45, 7) is 2.73. The zero-order valence-electron chi connectivity index (χ0n) is 7.88. The molecule has 1 aliphatic rings. The Morgan fingerprint density at radius 2 is 2.40 bits per heavy atom. The van der Waals surface area contributed by atoms with Gasteiger partial charge >= 0.3 is 0 Å². The molecule has 2 aromatic heterocycles. The topological polar surface area (TPSA) is 49.7 Å². The first kappa shape index (κ1) is 9.05. The van der Waals surface area contributed by atoms with Crippen molar-refractivity contribution in [2.75, 3.05) is 11.4 Å². The van der Waals surface area contributed by atoms with E-state index >= 15 is 0 Å². The second kappa shape index (κ2) is 3.42. The van der Waals surface area contributed by atoms with Crippen LogP contribution in [0.5, 0.6) is 0 Å². The number of hydrogen-bond donors (Lipinski definition) is 1. The second-order valence-corrected chi connectivity index (χ2v) is 5.00. The van der Waals surface area contributed by atoms with Gasteiger partial charge in [-0.25, -0.2) is 4.98 Å². The third kappa shape index (κ3) is 1.57. The maximum absolute atomic E-state index is 5.02. The minimum absolute atomic E-state index is 0.721. The third-order valence-electron chi connectivity index (χ3n) is 2.44. The van der Waals surface area contributed by atoms with Gasteiger partial charge in [-0.05, 0) is 12.2 Å². The lowest BCUT2D eigenvalue weighted by atomic mass is 10.4. The zero-order chi connectivity index (χ0) is 10.3. The van der Waals surface area contributed by atoms with Crippen LogP contribution in [0.25, 0.3) is 0 Å². The van der Waals surface area contributed by atoms with Crippen LogP contribution in [0.1, 0.15) is 5.82 Å². The van der Waals surface area contributed by atoms with Crippen molar-refractivity contribution < 1.29 is 0 Å². The molecule has 0 radical (unpaired) electrons. The van der Waals surface area contributed by atoms with Crippen molar-refractivity contribution in [3.05, 3.63) is 22.2 Å². The number of aromatic amines is 1. The molecule has 0 spiro atoms. The molecule has 1 N–H and O–H groups in total. The number of nitrogens with one attached hydrogen (secondary N) is 1. The molecule has 3 rings (SSSR count). The van der Waals surface area contributed by atoms with Gasteiger partial charge in [0.2, 0.25) is 5.13 Å². The van der Waals surface area contributed by atoms with E-state index in [1.165, 1.54) is 11.3 Å². The van der Waals surface area contributed by atoms with Gasteiger partial charge in [-0.3, -0.25) is 5.10 Å².